The number of aromatic hydroxyl groups is 2. The van der Waals surface area contributed by atoms with Crippen molar-refractivity contribution < 1.29 is 48.3 Å². The van der Waals surface area contributed by atoms with Gasteiger partial charge in [-0.15, -0.1) is 0 Å². The van der Waals surface area contributed by atoms with Crippen molar-refractivity contribution in [3.05, 3.63) is 131 Å². The van der Waals surface area contributed by atoms with Crippen molar-refractivity contribution in [2.24, 2.45) is 0 Å². The quantitative estimate of drug-likeness (QED) is 0.0912. The first-order valence-electron chi connectivity index (χ1n) is 13.4. The number of hydrogen-bond donors (Lipinski definition) is 2. The second kappa shape index (κ2) is 15.4. The van der Waals surface area contributed by atoms with Crippen molar-refractivity contribution in [2.75, 3.05) is 26.4 Å². The summed E-state index contributed by atoms with van der Waals surface area (Å²) in [5.74, 6) is -2.19. The number of carbonyl (C=O) groups is 4. The molecule has 2 N–H and O–H groups in total. The number of rotatable bonds is 14. The lowest BCUT2D eigenvalue weighted by atomic mass is 10.0. The molecule has 4 aromatic rings. The zero-order valence-corrected chi connectivity index (χ0v) is 23.4. The van der Waals surface area contributed by atoms with Crippen LogP contribution < -0.4 is 9.47 Å². The smallest absolute Gasteiger partial charge is 0.331 e. The summed E-state index contributed by atoms with van der Waals surface area (Å²) in [5, 5.41) is 20.5. The maximum atomic E-state index is 12.5. The molecule has 0 fully saturated rings. The van der Waals surface area contributed by atoms with E-state index in [-0.39, 0.29) is 72.1 Å². The monoisotopic (exact) mass is 596 g/mol. The Balaban J connectivity index is 1.12. The van der Waals surface area contributed by atoms with Gasteiger partial charge in [-0.25, -0.2) is 9.59 Å². The van der Waals surface area contributed by atoms with Crippen LogP contribution in [0.1, 0.15) is 31.8 Å². The molecule has 4 aromatic carbocycles. The van der Waals surface area contributed by atoms with Crippen LogP contribution in [-0.2, 0) is 19.1 Å². The predicted octanol–water partition coefficient (Wildman–Crippen LogP) is 4.66. The highest BCUT2D eigenvalue weighted by Gasteiger charge is 2.15. The van der Waals surface area contributed by atoms with Gasteiger partial charge in [0.15, 0.2) is 11.6 Å². The second-order valence-corrected chi connectivity index (χ2v) is 9.11. The van der Waals surface area contributed by atoms with Crippen LogP contribution >= 0.6 is 0 Å². The minimum Gasteiger partial charge on any atom is -0.507 e. The third-order valence-corrected chi connectivity index (χ3v) is 6.05. The van der Waals surface area contributed by atoms with Gasteiger partial charge in [0.05, 0.1) is 11.1 Å². The molecule has 10 heteroatoms. The van der Waals surface area contributed by atoms with Crippen LogP contribution in [0, 0.1) is 0 Å². The molecule has 4 rings (SSSR count). The maximum Gasteiger partial charge on any atom is 0.331 e. The zero-order valence-electron chi connectivity index (χ0n) is 23.4. The van der Waals surface area contributed by atoms with Gasteiger partial charge >= 0.3 is 11.9 Å². The van der Waals surface area contributed by atoms with E-state index in [4.69, 9.17) is 18.9 Å². The molecule has 0 amide bonds. The summed E-state index contributed by atoms with van der Waals surface area (Å²) < 4.78 is 20.8. The molecule has 0 radical (unpaired) electrons. The molecule has 0 aromatic heterocycles. The fourth-order valence-electron chi connectivity index (χ4n) is 3.91. The molecular formula is C34H28O10. The van der Waals surface area contributed by atoms with Gasteiger partial charge in [0.1, 0.15) is 49.4 Å². The summed E-state index contributed by atoms with van der Waals surface area (Å²) in [5.41, 5.74) is 1.14. The molecule has 0 heterocycles. The van der Waals surface area contributed by atoms with E-state index >= 15 is 0 Å². The van der Waals surface area contributed by atoms with Crippen LogP contribution in [0.5, 0.6) is 23.0 Å². The Labute approximate surface area is 252 Å². The Morgan fingerprint density at radius 2 is 0.909 bits per heavy atom. The first-order chi connectivity index (χ1) is 21.3. The largest absolute Gasteiger partial charge is 0.507 e. The molecule has 0 saturated carbocycles. The van der Waals surface area contributed by atoms with Crippen molar-refractivity contribution in [2.45, 2.75) is 0 Å². The number of hydrogen-bond acceptors (Lipinski definition) is 10. The van der Waals surface area contributed by atoms with Crippen LogP contribution in [-0.4, -0.2) is 60.1 Å². The second-order valence-electron chi connectivity index (χ2n) is 9.11. The number of benzene rings is 4. The van der Waals surface area contributed by atoms with Crippen LogP contribution in [0.4, 0.5) is 0 Å². The number of ketones is 2. The minimum absolute atomic E-state index is 0.0380. The van der Waals surface area contributed by atoms with Gasteiger partial charge in [-0.2, -0.15) is 0 Å². The molecule has 0 saturated heterocycles. The molecular weight excluding hydrogens is 568 g/mol. The summed E-state index contributed by atoms with van der Waals surface area (Å²) in [6.45, 7) is -0.354. The van der Waals surface area contributed by atoms with E-state index in [1.54, 1.807) is 60.7 Å². The van der Waals surface area contributed by atoms with Gasteiger partial charge in [0, 0.05) is 35.4 Å². The number of carbonyl (C=O) groups excluding carboxylic acids is 4. The number of phenolic OH excluding ortho intramolecular Hbond substituents is 2. The van der Waals surface area contributed by atoms with Gasteiger partial charge in [-0.1, -0.05) is 60.7 Å². The fraction of sp³-hybridized carbons (Fsp3) is 0.118. The molecule has 44 heavy (non-hydrogen) atoms. The van der Waals surface area contributed by atoms with Crippen molar-refractivity contribution in [3.63, 3.8) is 0 Å². The molecule has 0 atom stereocenters. The lowest BCUT2D eigenvalue weighted by molar-refractivity contribution is -0.141. The van der Waals surface area contributed by atoms with Gasteiger partial charge < -0.3 is 29.2 Å². The summed E-state index contributed by atoms with van der Waals surface area (Å²) in [4.78, 5) is 48.7. The van der Waals surface area contributed by atoms with Crippen LogP contribution in [0.2, 0.25) is 0 Å². The van der Waals surface area contributed by atoms with Gasteiger partial charge in [-0.3, -0.25) is 9.59 Å². The summed E-state index contributed by atoms with van der Waals surface area (Å²) >= 11 is 0. The van der Waals surface area contributed by atoms with Crippen molar-refractivity contribution in [1.82, 2.24) is 0 Å². The highest BCUT2D eigenvalue weighted by molar-refractivity contribution is 6.11. The summed E-state index contributed by atoms with van der Waals surface area (Å²) in [6, 6.07) is 25.6. The topological polar surface area (TPSA) is 146 Å². The Hall–Kier alpha value is -5.90. The van der Waals surface area contributed by atoms with E-state index in [9.17, 15) is 29.4 Å². The van der Waals surface area contributed by atoms with Gasteiger partial charge in [0.25, 0.3) is 0 Å². The molecule has 0 bridgehead atoms. The molecule has 0 aliphatic heterocycles. The van der Waals surface area contributed by atoms with Crippen LogP contribution in [0.25, 0.3) is 0 Å². The summed E-state index contributed by atoms with van der Waals surface area (Å²) in [7, 11) is 0. The average Bonchev–Trinajstić information content (AvgIpc) is 3.04. The Kier molecular flexibility index (Phi) is 10.8. The standard InChI is InChI=1S/C34H28O10/c35-29-21-25(11-13-27(29)33(39)23-7-3-1-4-8-23)41-17-19-43-31(37)15-16-32(38)44-20-18-42-26-12-14-28(30(36)22-26)34(40)24-9-5-2-6-10-24/h1-16,21-22,35-36H,17-20H2/b16-15+. The van der Waals surface area contributed by atoms with Crippen LogP contribution in [0.3, 0.4) is 0 Å². The third kappa shape index (κ3) is 8.80. The minimum atomic E-state index is -0.797. The molecule has 0 aliphatic carbocycles. The Bertz CT molecular complexity index is 1520. The van der Waals surface area contributed by atoms with Crippen molar-refractivity contribution in [3.8, 4) is 23.0 Å². The summed E-state index contributed by atoms with van der Waals surface area (Å²) in [6.07, 6.45) is 1.80. The third-order valence-electron chi connectivity index (χ3n) is 6.05. The van der Waals surface area contributed by atoms with E-state index < -0.39 is 11.9 Å². The van der Waals surface area contributed by atoms with E-state index in [0.717, 1.165) is 12.2 Å². The average molecular weight is 597 g/mol. The first-order valence-corrected chi connectivity index (χ1v) is 13.4. The van der Waals surface area contributed by atoms with E-state index in [1.165, 1.54) is 36.4 Å². The van der Waals surface area contributed by atoms with E-state index in [1.807, 2.05) is 0 Å². The molecule has 0 spiro atoms. The molecule has 0 aliphatic rings. The lowest BCUT2D eigenvalue weighted by Gasteiger charge is -2.09. The molecule has 0 unspecified atom stereocenters. The predicted molar refractivity (Wildman–Crippen MR) is 158 cm³/mol. The highest BCUT2D eigenvalue weighted by atomic mass is 16.6. The lowest BCUT2D eigenvalue weighted by Crippen LogP contribution is -2.12. The van der Waals surface area contributed by atoms with E-state index in [2.05, 4.69) is 0 Å². The SMILES string of the molecule is O=C(/C=C/C(=O)OCCOc1ccc(C(=O)c2ccccc2)c(O)c1)OCCOc1ccc(C(=O)c2ccccc2)c(O)c1. The van der Waals surface area contributed by atoms with Crippen LogP contribution in [0.15, 0.2) is 109 Å². The molecule has 10 nitrogen and oxygen atoms in total. The Morgan fingerprint density at radius 3 is 1.27 bits per heavy atom. The zero-order chi connectivity index (χ0) is 31.3. The maximum absolute atomic E-state index is 12.5. The molecule has 224 valence electrons. The van der Waals surface area contributed by atoms with Gasteiger partial charge in [-0.05, 0) is 24.3 Å². The van der Waals surface area contributed by atoms with E-state index in [0.29, 0.717) is 11.1 Å². The fourth-order valence-corrected chi connectivity index (χ4v) is 3.91. The number of phenols is 2. The number of esters is 2. The van der Waals surface area contributed by atoms with Gasteiger partial charge in [0.2, 0.25) is 0 Å². The first kappa shape index (κ1) is 31.0. The number of ether oxygens (including phenoxy) is 4. The Morgan fingerprint density at radius 1 is 0.523 bits per heavy atom. The van der Waals surface area contributed by atoms with Crippen molar-refractivity contribution in [1.29, 1.82) is 0 Å². The van der Waals surface area contributed by atoms with Crippen molar-refractivity contribution >= 4 is 23.5 Å². The highest BCUT2D eigenvalue weighted by Crippen LogP contribution is 2.27. The normalized spacial score (nSPS) is 10.6.